The van der Waals surface area contributed by atoms with Crippen molar-refractivity contribution in [3.8, 4) is 11.8 Å². The summed E-state index contributed by atoms with van der Waals surface area (Å²) in [7, 11) is 0. The topological polar surface area (TPSA) is 54.9 Å². The molecule has 4 aliphatic rings. The molecule has 0 aliphatic heterocycles. The average molecular weight is 371 g/mol. The van der Waals surface area contributed by atoms with Gasteiger partial charge >= 0.3 is 0 Å². The average Bonchev–Trinajstić information content (AvgIpc) is 2.66. The second-order valence-corrected chi connectivity index (χ2v) is 9.19. The molecule has 1 aromatic carbocycles. The number of carbonyl (C=O) groups is 1. The maximum absolute atomic E-state index is 13.0. The number of hydrogen-bond acceptors (Lipinski definition) is 3. The number of benzene rings is 1. The summed E-state index contributed by atoms with van der Waals surface area (Å²) >= 11 is 0. The van der Waals surface area contributed by atoms with Gasteiger partial charge in [0, 0.05) is 28.9 Å². The van der Waals surface area contributed by atoms with E-state index in [0.717, 1.165) is 48.9 Å². The van der Waals surface area contributed by atoms with E-state index in [1.807, 2.05) is 31.2 Å². The molecule has 0 saturated heterocycles. The summed E-state index contributed by atoms with van der Waals surface area (Å²) in [4.78, 5) is 21.4. The van der Waals surface area contributed by atoms with Crippen molar-refractivity contribution in [2.24, 2.45) is 17.3 Å². The Labute approximate surface area is 166 Å². The van der Waals surface area contributed by atoms with Gasteiger partial charge in [0.25, 0.3) is 5.91 Å². The third kappa shape index (κ3) is 3.20. The monoisotopic (exact) mass is 371 g/mol. The van der Waals surface area contributed by atoms with Crippen LogP contribution in [-0.4, -0.2) is 21.4 Å². The number of carbonyl (C=O) groups excluding carboxylic acids is 1. The van der Waals surface area contributed by atoms with Gasteiger partial charge < -0.3 is 5.32 Å². The zero-order valence-corrected chi connectivity index (χ0v) is 16.2. The summed E-state index contributed by atoms with van der Waals surface area (Å²) in [6.07, 6.45) is 11.8. The van der Waals surface area contributed by atoms with Gasteiger partial charge in [-0.3, -0.25) is 9.78 Å². The maximum Gasteiger partial charge on any atom is 0.251 e. The number of nitrogens with one attached hydrogen (secondary N) is 1. The lowest BCUT2D eigenvalue weighted by atomic mass is 9.47. The molecule has 4 saturated carbocycles. The van der Waals surface area contributed by atoms with Gasteiger partial charge in [0.2, 0.25) is 0 Å². The van der Waals surface area contributed by atoms with E-state index >= 15 is 0 Å². The number of aromatic nitrogens is 2. The van der Waals surface area contributed by atoms with Crippen LogP contribution in [0.3, 0.4) is 0 Å². The van der Waals surface area contributed by atoms with Crippen LogP contribution in [0, 0.1) is 36.0 Å². The van der Waals surface area contributed by atoms with Crippen LogP contribution in [-0.2, 0) is 0 Å². The lowest BCUT2D eigenvalue weighted by molar-refractivity contribution is -0.0484. The Bertz CT molecular complexity index is 958. The lowest BCUT2D eigenvalue weighted by Gasteiger charge is -2.60. The molecule has 2 unspecified atom stereocenters. The van der Waals surface area contributed by atoms with E-state index in [0.29, 0.717) is 11.8 Å². The smallest absolute Gasteiger partial charge is 0.251 e. The highest BCUT2D eigenvalue weighted by Crippen LogP contribution is 2.61. The Morgan fingerprint density at radius 3 is 2.71 bits per heavy atom. The molecule has 1 aromatic heterocycles. The molecule has 4 aliphatic carbocycles. The van der Waals surface area contributed by atoms with Crippen molar-refractivity contribution in [2.75, 3.05) is 0 Å². The van der Waals surface area contributed by atoms with Crippen molar-refractivity contribution in [3.05, 3.63) is 59.7 Å². The second kappa shape index (κ2) is 6.44. The minimum absolute atomic E-state index is 0.00148. The van der Waals surface area contributed by atoms with Gasteiger partial charge in [0.05, 0.1) is 6.20 Å². The molecule has 4 fully saturated rings. The summed E-state index contributed by atoms with van der Waals surface area (Å²) in [5, 5.41) is 3.46. The number of amides is 1. The van der Waals surface area contributed by atoms with Crippen LogP contribution in [0.4, 0.5) is 0 Å². The van der Waals surface area contributed by atoms with Crippen molar-refractivity contribution >= 4 is 5.91 Å². The fourth-order valence-corrected chi connectivity index (χ4v) is 6.21. The molecule has 4 nitrogen and oxygen atoms in total. The Balaban J connectivity index is 1.42. The zero-order chi connectivity index (χ0) is 19.2. The van der Waals surface area contributed by atoms with Crippen LogP contribution >= 0.6 is 0 Å². The van der Waals surface area contributed by atoms with E-state index in [-0.39, 0.29) is 16.9 Å². The molecule has 6 rings (SSSR count). The molecule has 1 N–H and O–H groups in total. The summed E-state index contributed by atoms with van der Waals surface area (Å²) in [5.74, 6) is 8.24. The van der Waals surface area contributed by atoms with Gasteiger partial charge in [-0.15, -0.1) is 0 Å². The molecule has 0 radical (unpaired) electrons. The molecule has 4 heteroatoms. The zero-order valence-electron chi connectivity index (χ0n) is 16.2. The van der Waals surface area contributed by atoms with Gasteiger partial charge in [0.15, 0.2) is 0 Å². The van der Waals surface area contributed by atoms with E-state index in [4.69, 9.17) is 0 Å². The number of nitrogens with zero attached hydrogens (tertiary/aromatic N) is 2. The number of aryl methyl sites for hydroxylation is 1. The molecule has 4 bridgehead atoms. The van der Waals surface area contributed by atoms with Crippen LogP contribution in [0.2, 0.25) is 0 Å². The molecular weight excluding hydrogens is 346 g/mol. The molecule has 0 spiro atoms. The second-order valence-electron chi connectivity index (χ2n) is 9.19. The molecule has 1 heterocycles. The van der Waals surface area contributed by atoms with E-state index in [2.05, 4.69) is 27.1 Å². The molecule has 1 amide bonds. The Kier molecular flexibility index (Phi) is 4.01. The maximum atomic E-state index is 13.0. The largest absolute Gasteiger partial charge is 0.347 e. The molecule has 2 aromatic rings. The van der Waals surface area contributed by atoms with Crippen molar-refractivity contribution < 1.29 is 4.79 Å². The third-order valence-corrected chi connectivity index (χ3v) is 6.74. The summed E-state index contributed by atoms with van der Waals surface area (Å²) < 4.78 is 0. The van der Waals surface area contributed by atoms with Gasteiger partial charge in [-0.1, -0.05) is 23.6 Å². The minimum atomic E-state index is -0.109. The van der Waals surface area contributed by atoms with Crippen LogP contribution in [0.15, 0.2) is 42.9 Å². The summed E-state index contributed by atoms with van der Waals surface area (Å²) in [6.45, 7) is 2.03. The highest BCUT2D eigenvalue weighted by Gasteiger charge is 2.57. The molecule has 142 valence electrons. The molecule has 28 heavy (non-hydrogen) atoms. The summed E-state index contributed by atoms with van der Waals surface area (Å²) in [5.41, 5.74) is 2.50. The third-order valence-electron chi connectivity index (χ3n) is 6.74. The minimum Gasteiger partial charge on any atom is -0.347 e. The van der Waals surface area contributed by atoms with Crippen molar-refractivity contribution in [3.63, 3.8) is 0 Å². The highest BCUT2D eigenvalue weighted by molar-refractivity contribution is 5.94. The van der Waals surface area contributed by atoms with Crippen LogP contribution in [0.25, 0.3) is 0 Å². The van der Waals surface area contributed by atoms with E-state index < -0.39 is 0 Å². The Morgan fingerprint density at radius 2 is 2.00 bits per heavy atom. The Hall–Kier alpha value is -2.67. The fourth-order valence-electron chi connectivity index (χ4n) is 6.21. The van der Waals surface area contributed by atoms with Crippen molar-refractivity contribution in [1.29, 1.82) is 0 Å². The number of rotatable bonds is 2. The van der Waals surface area contributed by atoms with E-state index in [9.17, 15) is 4.79 Å². The predicted molar refractivity (Wildman–Crippen MR) is 107 cm³/mol. The number of hydrogen-bond donors (Lipinski definition) is 1. The molecular formula is C24H25N3O. The first-order valence-electron chi connectivity index (χ1n) is 10.2. The van der Waals surface area contributed by atoms with Gasteiger partial charge in [-0.05, 0) is 75.3 Å². The SMILES string of the molecule is Cc1cccc(C(=O)NC23CC4CC(CC(C#Cc5cnccn5)(C4)C2)C3)c1. The first-order valence-corrected chi connectivity index (χ1v) is 10.2. The van der Waals surface area contributed by atoms with Crippen LogP contribution in [0.5, 0.6) is 0 Å². The van der Waals surface area contributed by atoms with Crippen molar-refractivity contribution in [2.45, 2.75) is 51.0 Å². The first-order chi connectivity index (χ1) is 13.5. The van der Waals surface area contributed by atoms with Gasteiger partial charge in [-0.25, -0.2) is 4.98 Å². The normalized spacial score (nSPS) is 32.5. The fraction of sp³-hybridized carbons (Fsp3) is 0.458. The van der Waals surface area contributed by atoms with Gasteiger partial charge in [-0.2, -0.15) is 0 Å². The van der Waals surface area contributed by atoms with Crippen molar-refractivity contribution in [1.82, 2.24) is 15.3 Å². The quantitative estimate of drug-likeness (QED) is 0.815. The van der Waals surface area contributed by atoms with Crippen LogP contribution in [0.1, 0.15) is 60.1 Å². The molecule has 2 atom stereocenters. The lowest BCUT2D eigenvalue weighted by Crippen LogP contribution is -2.62. The summed E-state index contributed by atoms with van der Waals surface area (Å²) in [6, 6.07) is 7.86. The standard InChI is InChI=1S/C24H25N3O/c1-17-3-2-4-20(9-17)22(28)27-24-13-18-10-19(14-24)12-23(11-18,16-24)6-5-21-15-25-7-8-26-21/h2-4,7-9,15,18-19H,10-14,16H2,1H3,(H,27,28). The van der Waals surface area contributed by atoms with E-state index in [1.165, 1.54) is 6.42 Å². The highest BCUT2D eigenvalue weighted by atomic mass is 16.1. The first kappa shape index (κ1) is 17.4. The predicted octanol–water partition coefficient (Wildman–Crippen LogP) is 3.91. The van der Waals surface area contributed by atoms with E-state index in [1.54, 1.807) is 18.6 Å². The van der Waals surface area contributed by atoms with Crippen LogP contribution < -0.4 is 5.32 Å². The Morgan fingerprint density at radius 1 is 1.18 bits per heavy atom. The van der Waals surface area contributed by atoms with Gasteiger partial charge in [0.1, 0.15) is 5.69 Å².